The third-order valence-electron chi connectivity index (χ3n) is 4.80. The maximum atomic E-state index is 11.5. The molecule has 0 radical (unpaired) electrons. The van der Waals surface area contributed by atoms with Crippen LogP contribution in [0.5, 0.6) is 5.75 Å². The van der Waals surface area contributed by atoms with Gasteiger partial charge in [-0.05, 0) is 24.6 Å². The van der Waals surface area contributed by atoms with Gasteiger partial charge in [-0.3, -0.25) is 0 Å². The van der Waals surface area contributed by atoms with Gasteiger partial charge in [0.1, 0.15) is 12.2 Å². The minimum atomic E-state index is -0.974. The van der Waals surface area contributed by atoms with Gasteiger partial charge in [0.05, 0.1) is 30.8 Å². The summed E-state index contributed by atoms with van der Waals surface area (Å²) in [7, 11) is 0. The number of fused-ring (bicyclic) bond motifs is 1. The predicted molar refractivity (Wildman–Crippen MR) is 102 cm³/mol. The maximum absolute atomic E-state index is 11.5. The molecule has 6 heteroatoms. The summed E-state index contributed by atoms with van der Waals surface area (Å²) in [4.78, 5) is 17.9. The first kappa shape index (κ1) is 17.1. The van der Waals surface area contributed by atoms with E-state index in [-0.39, 0.29) is 5.56 Å². The molecule has 1 aliphatic heterocycles. The van der Waals surface area contributed by atoms with Crippen molar-refractivity contribution in [2.24, 2.45) is 0 Å². The molecule has 3 aromatic rings. The number of aryl methyl sites for hydroxylation is 1. The van der Waals surface area contributed by atoms with E-state index < -0.39 is 5.97 Å². The lowest BCUT2D eigenvalue weighted by Gasteiger charge is -2.32. The molecular formula is C21H21N3O3. The first-order valence-corrected chi connectivity index (χ1v) is 8.90. The van der Waals surface area contributed by atoms with Crippen molar-refractivity contribution in [2.75, 3.05) is 18.1 Å². The smallest absolute Gasteiger partial charge is 0.339 e. The Morgan fingerprint density at radius 3 is 2.78 bits per heavy atom. The summed E-state index contributed by atoms with van der Waals surface area (Å²) >= 11 is 0. The molecular weight excluding hydrogens is 342 g/mol. The van der Waals surface area contributed by atoms with E-state index in [1.165, 1.54) is 11.1 Å². The molecule has 0 bridgehead atoms. The fourth-order valence-electron chi connectivity index (χ4n) is 3.34. The van der Waals surface area contributed by atoms with Gasteiger partial charge < -0.3 is 19.3 Å². The lowest BCUT2D eigenvalue weighted by atomic mass is 10.1. The maximum Gasteiger partial charge on any atom is 0.339 e. The molecule has 0 saturated carbocycles. The number of hydrogen-bond acceptors (Lipinski definition) is 4. The van der Waals surface area contributed by atoms with Crippen LogP contribution < -0.4 is 9.64 Å². The lowest BCUT2D eigenvalue weighted by Crippen LogP contribution is -2.33. The minimum Gasteiger partial charge on any atom is -0.489 e. The molecule has 0 saturated heterocycles. The van der Waals surface area contributed by atoms with E-state index in [1.54, 1.807) is 12.1 Å². The third kappa shape index (κ3) is 3.51. The van der Waals surface area contributed by atoms with Crippen LogP contribution in [0.1, 0.15) is 27.2 Å². The Bertz CT molecular complexity index is 963. The number of para-hydroxylation sites is 1. The molecule has 0 fully saturated rings. The van der Waals surface area contributed by atoms with Crippen molar-refractivity contribution in [3.8, 4) is 5.75 Å². The first-order valence-electron chi connectivity index (χ1n) is 8.90. The quantitative estimate of drug-likeness (QED) is 0.753. The second kappa shape index (κ2) is 7.15. The SMILES string of the molecule is Cc1ccc(Cn2cncc2CN2CCOc3c(C(=O)O)cccc32)cc1. The van der Waals surface area contributed by atoms with Crippen molar-refractivity contribution in [2.45, 2.75) is 20.0 Å². The molecule has 2 heterocycles. The van der Waals surface area contributed by atoms with Crippen LogP contribution in [-0.4, -0.2) is 33.8 Å². The van der Waals surface area contributed by atoms with Crippen LogP contribution in [0.2, 0.25) is 0 Å². The normalized spacial score (nSPS) is 13.1. The summed E-state index contributed by atoms with van der Waals surface area (Å²) in [5.74, 6) is -0.529. The highest BCUT2D eigenvalue weighted by Crippen LogP contribution is 2.35. The van der Waals surface area contributed by atoms with Gasteiger partial charge in [0.15, 0.2) is 5.75 Å². The summed E-state index contributed by atoms with van der Waals surface area (Å²) in [5.41, 5.74) is 4.54. The number of imidazole rings is 1. The Labute approximate surface area is 157 Å². The average Bonchev–Trinajstić information content (AvgIpc) is 3.10. The number of carbonyl (C=O) groups is 1. The van der Waals surface area contributed by atoms with Gasteiger partial charge in [0.2, 0.25) is 0 Å². The number of aromatic nitrogens is 2. The summed E-state index contributed by atoms with van der Waals surface area (Å²) in [6.07, 6.45) is 3.70. The summed E-state index contributed by atoms with van der Waals surface area (Å²) < 4.78 is 7.78. The fraction of sp³-hybridized carbons (Fsp3) is 0.238. The predicted octanol–water partition coefficient (Wildman–Crippen LogP) is 3.34. The molecule has 1 N–H and O–H groups in total. The number of carboxylic acids is 1. The van der Waals surface area contributed by atoms with E-state index in [1.807, 2.05) is 18.6 Å². The molecule has 2 aromatic carbocycles. The van der Waals surface area contributed by atoms with Crippen molar-refractivity contribution in [3.63, 3.8) is 0 Å². The Balaban J connectivity index is 1.58. The number of hydrogen-bond donors (Lipinski definition) is 1. The number of carboxylic acid groups (broad SMARTS) is 1. The molecule has 0 aliphatic carbocycles. The van der Waals surface area contributed by atoms with Crippen LogP contribution in [-0.2, 0) is 13.1 Å². The zero-order chi connectivity index (χ0) is 18.8. The highest BCUT2D eigenvalue weighted by Gasteiger charge is 2.24. The monoisotopic (exact) mass is 363 g/mol. The Kier molecular flexibility index (Phi) is 4.54. The molecule has 4 rings (SSSR count). The standard InChI is InChI=1S/C21H21N3O3/c1-15-5-7-16(8-6-15)12-24-14-22-11-17(24)13-23-9-10-27-20-18(21(25)26)3-2-4-19(20)23/h2-8,11,14H,9-10,12-13H2,1H3,(H,25,26). The number of benzene rings is 2. The molecule has 6 nitrogen and oxygen atoms in total. The van der Waals surface area contributed by atoms with Crippen molar-refractivity contribution >= 4 is 11.7 Å². The van der Waals surface area contributed by atoms with Crippen LogP contribution in [0.3, 0.4) is 0 Å². The Hall–Kier alpha value is -3.28. The molecule has 1 aromatic heterocycles. The van der Waals surface area contributed by atoms with Crippen molar-refractivity contribution in [3.05, 3.63) is 77.4 Å². The van der Waals surface area contributed by atoms with E-state index >= 15 is 0 Å². The van der Waals surface area contributed by atoms with Crippen molar-refractivity contribution in [1.82, 2.24) is 9.55 Å². The molecule has 1 aliphatic rings. The van der Waals surface area contributed by atoms with E-state index in [0.29, 0.717) is 25.4 Å². The fourth-order valence-corrected chi connectivity index (χ4v) is 3.34. The van der Waals surface area contributed by atoms with Crippen molar-refractivity contribution in [1.29, 1.82) is 0 Å². The molecule has 0 unspecified atom stereocenters. The first-order chi connectivity index (χ1) is 13.1. The molecule has 0 atom stereocenters. The van der Waals surface area contributed by atoms with E-state index in [2.05, 4.69) is 45.6 Å². The number of anilines is 1. The van der Waals surface area contributed by atoms with Gasteiger partial charge in [0.25, 0.3) is 0 Å². The molecule has 0 amide bonds. The number of ether oxygens (including phenoxy) is 1. The van der Waals surface area contributed by atoms with Gasteiger partial charge in [-0.15, -0.1) is 0 Å². The van der Waals surface area contributed by atoms with Gasteiger partial charge in [-0.1, -0.05) is 35.9 Å². The summed E-state index contributed by atoms with van der Waals surface area (Å²) in [6.45, 7) is 4.64. The minimum absolute atomic E-state index is 0.199. The highest BCUT2D eigenvalue weighted by molar-refractivity contribution is 5.93. The summed E-state index contributed by atoms with van der Waals surface area (Å²) in [6, 6.07) is 13.7. The van der Waals surface area contributed by atoms with Gasteiger partial charge in [-0.25, -0.2) is 9.78 Å². The van der Waals surface area contributed by atoms with Crippen molar-refractivity contribution < 1.29 is 14.6 Å². The Morgan fingerprint density at radius 2 is 2.00 bits per heavy atom. The van der Waals surface area contributed by atoms with Crippen LogP contribution in [0.15, 0.2) is 55.0 Å². The molecule has 27 heavy (non-hydrogen) atoms. The average molecular weight is 363 g/mol. The molecule has 0 spiro atoms. The Morgan fingerprint density at radius 1 is 1.19 bits per heavy atom. The number of nitrogens with zero attached hydrogens (tertiary/aromatic N) is 3. The lowest BCUT2D eigenvalue weighted by molar-refractivity contribution is 0.0692. The van der Waals surface area contributed by atoms with Crippen LogP contribution >= 0.6 is 0 Å². The third-order valence-corrected chi connectivity index (χ3v) is 4.80. The van der Waals surface area contributed by atoms with E-state index in [9.17, 15) is 9.90 Å². The van der Waals surface area contributed by atoms with Crippen LogP contribution in [0.4, 0.5) is 5.69 Å². The van der Waals surface area contributed by atoms with Crippen LogP contribution in [0.25, 0.3) is 0 Å². The topological polar surface area (TPSA) is 67.6 Å². The second-order valence-corrected chi connectivity index (χ2v) is 6.73. The van der Waals surface area contributed by atoms with Gasteiger partial charge in [0, 0.05) is 12.7 Å². The van der Waals surface area contributed by atoms with Crippen LogP contribution in [0, 0.1) is 6.92 Å². The summed E-state index contributed by atoms with van der Waals surface area (Å²) in [5, 5.41) is 9.40. The number of rotatable bonds is 5. The zero-order valence-corrected chi connectivity index (χ0v) is 15.1. The number of aromatic carboxylic acids is 1. The highest BCUT2D eigenvalue weighted by atomic mass is 16.5. The zero-order valence-electron chi connectivity index (χ0n) is 15.1. The van der Waals surface area contributed by atoms with E-state index in [4.69, 9.17) is 4.74 Å². The van der Waals surface area contributed by atoms with Gasteiger partial charge in [-0.2, -0.15) is 0 Å². The molecule has 138 valence electrons. The van der Waals surface area contributed by atoms with Gasteiger partial charge >= 0.3 is 5.97 Å². The second-order valence-electron chi connectivity index (χ2n) is 6.73. The van der Waals surface area contributed by atoms with E-state index in [0.717, 1.165) is 17.9 Å². The largest absolute Gasteiger partial charge is 0.489 e.